The van der Waals surface area contributed by atoms with Crippen molar-refractivity contribution in [2.24, 2.45) is 0 Å². The van der Waals surface area contributed by atoms with E-state index in [1.807, 2.05) is 18.2 Å². The van der Waals surface area contributed by atoms with Crippen LogP contribution in [0.15, 0.2) is 53.5 Å². The highest BCUT2D eigenvalue weighted by atomic mass is 35.5. The SMILES string of the molecule is CCCCc1ccc2ncc3c(=O)n(-c4cccc(Cl)c4)[nH]c3c2c1. The zero-order valence-corrected chi connectivity index (χ0v) is 14.7. The number of pyridine rings is 1. The molecule has 0 bridgehead atoms. The maximum atomic E-state index is 12.8. The van der Waals surface area contributed by atoms with E-state index in [4.69, 9.17) is 11.6 Å². The first kappa shape index (κ1) is 15.9. The molecule has 4 nitrogen and oxygen atoms in total. The Labute approximate surface area is 150 Å². The Balaban J connectivity index is 1.95. The molecule has 0 spiro atoms. The van der Waals surface area contributed by atoms with Crippen LogP contribution in [-0.4, -0.2) is 14.8 Å². The zero-order valence-electron chi connectivity index (χ0n) is 13.9. The van der Waals surface area contributed by atoms with E-state index in [0.29, 0.717) is 16.1 Å². The van der Waals surface area contributed by atoms with Gasteiger partial charge in [0.05, 0.1) is 22.1 Å². The number of rotatable bonds is 4. The number of fused-ring (bicyclic) bond motifs is 3. The Morgan fingerprint density at radius 2 is 2.04 bits per heavy atom. The summed E-state index contributed by atoms with van der Waals surface area (Å²) in [5, 5.41) is 5.39. The monoisotopic (exact) mass is 351 g/mol. The Morgan fingerprint density at radius 3 is 2.84 bits per heavy atom. The van der Waals surface area contributed by atoms with Crippen LogP contribution >= 0.6 is 11.6 Å². The molecule has 126 valence electrons. The maximum absolute atomic E-state index is 12.8. The Hall–Kier alpha value is -2.59. The third-order valence-corrected chi connectivity index (χ3v) is 4.71. The van der Waals surface area contributed by atoms with Crippen LogP contribution in [0.4, 0.5) is 0 Å². The minimum Gasteiger partial charge on any atom is -0.290 e. The van der Waals surface area contributed by atoms with Crippen LogP contribution in [0.3, 0.4) is 0 Å². The summed E-state index contributed by atoms with van der Waals surface area (Å²) in [6, 6.07) is 13.5. The highest BCUT2D eigenvalue weighted by molar-refractivity contribution is 6.30. The molecule has 25 heavy (non-hydrogen) atoms. The number of aromatic amines is 1. The van der Waals surface area contributed by atoms with Gasteiger partial charge in [-0.05, 0) is 48.7 Å². The lowest BCUT2D eigenvalue weighted by molar-refractivity contribution is 0.796. The topological polar surface area (TPSA) is 50.7 Å². The molecule has 0 saturated heterocycles. The Bertz CT molecular complexity index is 1130. The standard InChI is InChI=1S/C20H18ClN3O/c1-2-3-5-13-8-9-18-16(10-13)19-17(12-22-18)20(25)24(23-19)15-7-4-6-14(21)11-15/h4,6-12,23H,2-3,5H2,1H3. The summed E-state index contributed by atoms with van der Waals surface area (Å²) in [4.78, 5) is 17.2. The summed E-state index contributed by atoms with van der Waals surface area (Å²) in [7, 11) is 0. The van der Waals surface area contributed by atoms with Crippen molar-refractivity contribution in [3.05, 3.63) is 69.6 Å². The third kappa shape index (κ3) is 2.83. The predicted molar refractivity (Wildman–Crippen MR) is 103 cm³/mol. The molecule has 0 atom stereocenters. The van der Waals surface area contributed by atoms with Gasteiger partial charge in [0.25, 0.3) is 5.56 Å². The molecule has 0 unspecified atom stereocenters. The van der Waals surface area contributed by atoms with E-state index in [1.165, 1.54) is 10.2 Å². The quantitative estimate of drug-likeness (QED) is 0.570. The van der Waals surface area contributed by atoms with Crippen molar-refractivity contribution < 1.29 is 0 Å². The highest BCUT2D eigenvalue weighted by Gasteiger charge is 2.12. The van der Waals surface area contributed by atoms with Crippen molar-refractivity contribution in [2.75, 3.05) is 0 Å². The number of nitrogens with one attached hydrogen (secondary N) is 1. The lowest BCUT2D eigenvalue weighted by Gasteiger charge is -2.04. The van der Waals surface area contributed by atoms with Crippen LogP contribution in [0.25, 0.3) is 27.5 Å². The highest BCUT2D eigenvalue weighted by Crippen LogP contribution is 2.23. The molecule has 0 aliphatic carbocycles. The molecule has 0 aliphatic rings. The molecule has 2 heterocycles. The predicted octanol–water partition coefficient (Wildman–Crippen LogP) is 4.86. The lowest BCUT2D eigenvalue weighted by atomic mass is 10.0. The molecule has 0 amide bonds. The van der Waals surface area contributed by atoms with E-state index < -0.39 is 0 Å². The molecule has 5 heteroatoms. The van der Waals surface area contributed by atoms with Gasteiger partial charge in [-0.25, -0.2) is 4.68 Å². The van der Waals surface area contributed by atoms with Crippen LogP contribution in [0.1, 0.15) is 25.3 Å². The number of hydrogen-bond acceptors (Lipinski definition) is 2. The summed E-state index contributed by atoms with van der Waals surface area (Å²) in [6.07, 6.45) is 4.97. The maximum Gasteiger partial charge on any atom is 0.280 e. The molecule has 0 saturated carbocycles. The van der Waals surface area contributed by atoms with Crippen LogP contribution in [0.5, 0.6) is 0 Å². The van der Waals surface area contributed by atoms with Gasteiger partial charge in [0, 0.05) is 16.6 Å². The molecular formula is C20H18ClN3O. The lowest BCUT2D eigenvalue weighted by Crippen LogP contribution is -2.14. The molecule has 0 fully saturated rings. The summed E-state index contributed by atoms with van der Waals surface area (Å²) < 4.78 is 1.52. The molecule has 2 aromatic heterocycles. The first-order valence-electron chi connectivity index (χ1n) is 8.45. The number of hydrogen-bond donors (Lipinski definition) is 1. The second-order valence-corrected chi connectivity index (χ2v) is 6.67. The van der Waals surface area contributed by atoms with Crippen LogP contribution < -0.4 is 5.56 Å². The van der Waals surface area contributed by atoms with Gasteiger partial charge in [-0.2, -0.15) is 0 Å². The molecule has 4 rings (SSSR count). The summed E-state index contributed by atoms with van der Waals surface area (Å²) in [6.45, 7) is 2.18. The van der Waals surface area contributed by atoms with Crippen LogP contribution in [-0.2, 0) is 6.42 Å². The van der Waals surface area contributed by atoms with Crippen molar-refractivity contribution in [1.82, 2.24) is 14.8 Å². The van der Waals surface area contributed by atoms with Crippen molar-refractivity contribution in [2.45, 2.75) is 26.2 Å². The normalized spacial score (nSPS) is 11.4. The van der Waals surface area contributed by atoms with E-state index in [0.717, 1.165) is 35.7 Å². The van der Waals surface area contributed by atoms with E-state index in [2.05, 4.69) is 29.1 Å². The van der Waals surface area contributed by atoms with Crippen molar-refractivity contribution in [1.29, 1.82) is 0 Å². The minimum atomic E-state index is -0.120. The number of nitrogens with zero attached hydrogens (tertiary/aromatic N) is 2. The average Bonchev–Trinajstić information content (AvgIpc) is 2.97. The second kappa shape index (κ2) is 6.37. The van der Waals surface area contributed by atoms with Gasteiger partial charge in [-0.3, -0.25) is 14.9 Å². The molecule has 0 radical (unpaired) electrons. The zero-order chi connectivity index (χ0) is 17.4. The molecule has 0 aliphatic heterocycles. The summed E-state index contributed by atoms with van der Waals surface area (Å²) in [5.74, 6) is 0. The average molecular weight is 352 g/mol. The second-order valence-electron chi connectivity index (χ2n) is 6.23. The van der Waals surface area contributed by atoms with Gasteiger partial charge in [0.1, 0.15) is 0 Å². The van der Waals surface area contributed by atoms with E-state index >= 15 is 0 Å². The number of aromatic nitrogens is 3. The molecule has 2 aromatic carbocycles. The van der Waals surface area contributed by atoms with E-state index in [1.54, 1.807) is 18.3 Å². The number of H-pyrrole nitrogens is 1. The Kier molecular flexibility index (Phi) is 4.06. The molecule has 1 N–H and O–H groups in total. The fourth-order valence-electron chi connectivity index (χ4n) is 3.14. The van der Waals surface area contributed by atoms with Gasteiger partial charge in [0.2, 0.25) is 0 Å². The first-order chi connectivity index (χ1) is 12.2. The molecular weight excluding hydrogens is 334 g/mol. The third-order valence-electron chi connectivity index (χ3n) is 4.47. The van der Waals surface area contributed by atoms with Crippen molar-refractivity contribution in [3.8, 4) is 5.69 Å². The summed E-state index contributed by atoms with van der Waals surface area (Å²) >= 11 is 6.07. The van der Waals surface area contributed by atoms with Crippen molar-refractivity contribution in [3.63, 3.8) is 0 Å². The van der Waals surface area contributed by atoms with Crippen molar-refractivity contribution >= 4 is 33.4 Å². The van der Waals surface area contributed by atoms with Crippen LogP contribution in [0.2, 0.25) is 5.02 Å². The number of aryl methyl sites for hydroxylation is 1. The largest absolute Gasteiger partial charge is 0.290 e. The Morgan fingerprint density at radius 1 is 1.16 bits per heavy atom. The van der Waals surface area contributed by atoms with Gasteiger partial charge in [-0.1, -0.05) is 37.1 Å². The number of benzene rings is 2. The van der Waals surface area contributed by atoms with Gasteiger partial charge in [-0.15, -0.1) is 0 Å². The minimum absolute atomic E-state index is 0.120. The number of unbranched alkanes of at least 4 members (excludes halogenated alkanes) is 1. The summed E-state index contributed by atoms with van der Waals surface area (Å²) in [5.41, 5.74) is 3.55. The smallest absolute Gasteiger partial charge is 0.280 e. The van der Waals surface area contributed by atoms with Gasteiger partial charge in [0.15, 0.2) is 0 Å². The number of halogens is 1. The van der Waals surface area contributed by atoms with E-state index in [9.17, 15) is 4.79 Å². The van der Waals surface area contributed by atoms with Crippen LogP contribution in [0, 0.1) is 0 Å². The van der Waals surface area contributed by atoms with Gasteiger partial charge < -0.3 is 0 Å². The fourth-order valence-corrected chi connectivity index (χ4v) is 3.32. The molecule has 4 aromatic rings. The van der Waals surface area contributed by atoms with E-state index in [-0.39, 0.29) is 5.56 Å². The first-order valence-corrected chi connectivity index (χ1v) is 8.83. The van der Waals surface area contributed by atoms with Gasteiger partial charge >= 0.3 is 0 Å². The fraction of sp³-hybridized carbons (Fsp3) is 0.200.